The second-order valence-corrected chi connectivity index (χ2v) is 11.5. The molecular formula is C27H34N9O5+. The fraction of sp³-hybridized carbons (Fsp3) is 0.444. The first kappa shape index (κ1) is 26.8. The maximum atomic E-state index is 13.6. The number of pyridine rings is 1. The topological polar surface area (TPSA) is 212 Å². The average Bonchev–Trinajstić information content (AvgIpc) is 3.41. The number of aliphatic hydroxyl groups is 2. The van der Waals surface area contributed by atoms with Crippen LogP contribution in [0.2, 0.25) is 0 Å². The summed E-state index contributed by atoms with van der Waals surface area (Å²) in [7, 11) is 0. The van der Waals surface area contributed by atoms with Crippen LogP contribution in [-0.2, 0) is 5.41 Å². The summed E-state index contributed by atoms with van der Waals surface area (Å²) < 4.78 is 7.40. The van der Waals surface area contributed by atoms with Crippen LogP contribution in [0.3, 0.4) is 0 Å². The van der Waals surface area contributed by atoms with Crippen molar-refractivity contribution in [3.05, 3.63) is 59.4 Å². The number of nitrogens with one attached hydrogen (secondary N) is 4. The molecule has 2 aromatic rings. The van der Waals surface area contributed by atoms with E-state index in [9.17, 15) is 19.8 Å². The van der Waals surface area contributed by atoms with Crippen molar-refractivity contribution < 1.29 is 29.1 Å². The van der Waals surface area contributed by atoms with Crippen LogP contribution in [0.5, 0.6) is 5.75 Å². The van der Waals surface area contributed by atoms with E-state index < -0.39 is 35.5 Å². The SMILES string of the molecule is CC1(C)CCOc2c(C(=O)NC3C[N+]4=C(N)N[C@@H](CNC(=O)c5cccnc5)[C@@H]5N=C(N)N[C@@]54C3(O)O)cccc21. The van der Waals surface area contributed by atoms with Gasteiger partial charge in [0, 0.05) is 18.0 Å². The van der Waals surface area contributed by atoms with Gasteiger partial charge in [0.05, 0.1) is 30.8 Å². The van der Waals surface area contributed by atoms with Crippen molar-refractivity contribution in [1.29, 1.82) is 0 Å². The molecule has 41 heavy (non-hydrogen) atoms. The zero-order chi connectivity index (χ0) is 29.2. The largest absolute Gasteiger partial charge is 0.492 e. The molecule has 0 aliphatic carbocycles. The summed E-state index contributed by atoms with van der Waals surface area (Å²) in [6.45, 7) is 4.61. The number of benzene rings is 1. The van der Waals surface area contributed by atoms with Gasteiger partial charge in [-0.05, 0) is 30.0 Å². The summed E-state index contributed by atoms with van der Waals surface area (Å²) in [6, 6.07) is 5.85. The lowest BCUT2D eigenvalue weighted by atomic mass is 9.79. The third-order valence-electron chi connectivity index (χ3n) is 8.54. The molecule has 4 aliphatic rings. The first-order valence-electron chi connectivity index (χ1n) is 13.4. The Morgan fingerprint density at radius 3 is 2.76 bits per heavy atom. The number of carbonyl (C=O) groups is 2. The van der Waals surface area contributed by atoms with E-state index in [2.05, 4.69) is 45.1 Å². The van der Waals surface area contributed by atoms with Crippen molar-refractivity contribution in [2.45, 2.75) is 55.3 Å². The van der Waals surface area contributed by atoms with Crippen LogP contribution in [0.4, 0.5) is 0 Å². The third-order valence-corrected chi connectivity index (χ3v) is 8.54. The lowest BCUT2D eigenvalue weighted by Gasteiger charge is -2.43. The van der Waals surface area contributed by atoms with Crippen molar-refractivity contribution >= 4 is 23.7 Å². The fourth-order valence-corrected chi connectivity index (χ4v) is 6.31. The van der Waals surface area contributed by atoms with Crippen LogP contribution < -0.4 is 37.5 Å². The molecule has 14 nitrogen and oxygen atoms in total. The summed E-state index contributed by atoms with van der Waals surface area (Å²) in [5.74, 6) is -2.93. The van der Waals surface area contributed by atoms with Gasteiger partial charge in [-0.15, -0.1) is 0 Å². The van der Waals surface area contributed by atoms with Crippen LogP contribution in [0.15, 0.2) is 47.7 Å². The van der Waals surface area contributed by atoms with Gasteiger partial charge in [0.1, 0.15) is 23.9 Å². The number of amides is 2. The van der Waals surface area contributed by atoms with Crippen LogP contribution >= 0.6 is 0 Å². The molecule has 6 rings (SSSR count). The highest BCUT2D eigenvalue weighted by Crippen LogP contribution is 2.43. The number of nitrogens with zero attached hydrogens (tertiary/aromatic N) is 3. The Labute approximate surface area is 235 Å². The summed E-state index contributed by atoms with van der Waals surface area (Å²) in [5, 5.41) is 35.1. The van der Waals surface area contributed by atoms with Gasteiger partial charge in [0.25, 0.3) is 11.8 Å². The number of hydrogen-bond donors (Lipinski definition) is 8. The predicted octanol–water partition coefficient (Wildman–Crippen LogP) is -2.35. The molecule has 1 unspecified atom stereocenters. The van der Waals surface area contributed by atoms with Crippen LogP contribution in [0, 0.1) is 0 Å². The van der Waals surface area contributed by atoms with E-state index in [-0.39, 0.29) is 36.3 Å². The van der Waals surface area contributed by atoms with E-state index in [0.29, 0.717) is 23.5 Å². The van der Waals surface area contributed by atoms with E-state index in [0.717, 1.165) is 12.0 Å². The minimum absolute atomic E-state index is 0.0313. The molecule has 1 saturated heterocycles. The Morgan fingerprint density at radius 1 is 1.20 bits per heavy atom. The number of guanidine groups is 2. The molecule has 5 heterocycles. The normalized spacial score (nSPS) is 28.6. The second kappa shape index (κ2) is 9.31. The first-order valence-corrected chi connectivity index (χ1v) is 13.4. The molecule has 14 heteroatoms. The molecule has 10 N–H and O–H groups in total. The number of rotatable bonds is 5. The van der Waals surface area contributed by atoms with Gasteiger partial charge >= 0.3 is 5.96 Å². The van der Waals surface area contributed by atoms with Crippen molar-refractivity contribution in [3.63, 3.8) is 0 Å². The lowest BCUT2D eigenvalue weighted by Crippen LogP contribution is -2.79. The molecule has 1 aromatic carbocycles. The Morgan fingerprint density at radius 2 is 2.00 bits per heavy atom. The Balaban J connectivity index is 1.27. The van der Waals surface area contributed by atoms with Crippen molar-refractivity contribution in [3.8, 4) is 5.75 Å². The number of nitrogens with two attached hydrogens (primary N) is 2. The smallest absolute Gasteiger partial charge is 0.346 e. The quantitative estimate of drug-likeness (QED) is 0.143. The van der Waals surface area contributed by atoms with E-state index in [4.69, 9.17) is 16.2 Å². The molecule has 216 valence electrons. The van der Waals surface area contributed by atoms with Crippen LogP contribution in [0.1, 0.15) is 46.5 Å². The number of hydrogen-bond acceptors (Lipinski definition) is 11. The molecule has 0 radical (unpaired) electrons. The molecule has 0 saturated carbocycles. The number of fused-ring (bicyclic) bond motifs is 1. The summed E-state index contributed by atoms with van der Waals surface area (Å²) in [5.41, 5.74) is 12.1. The van der Waals surface area contributed by atoms with Crippen molar-refractivity contribution in [2.24, 2.45) is 16.5 Å². The zero-order valence-electron chi connectivity index (χ0n) is 22.7. The van der Waals surface area contributed by atoms with E-state index in [1.54, 1.807) is 30.5 Å². The maximum Gasteiger partial charge on any atom is 0.346 e. The van der Waals surface area contributed by atoms with Gasteiger partial charge in [-0.3, -0.25) is 25.6 Å². The van der Waals surface area contributed by atoms with Gasteiger partial charge in [0.15, 0.2) is 5.96 Å². The summed E-state index contributed by atoms with van der Waals surface area (Å²) in [6.07, 6.45) is 3.81. The molecule has 2 amide bonds. The summed E-state index contributed by atoms with van der Waals surface area (Å²) in [4.78, 5) is 34.6. The highest BCUT2D eigenvalue weighted by Gasteiger charge is 2.75. The first-order chi connectivity index (χ1) is 19.5. The van der Waals surface area contributed by atoms with E-state index in [1.807, 2.05) is 6.07 Å². The fourth-order valence-electron chi connectivity index (χ4n) is 6.31. The molecule has 4 aliphatic heterocycles. The highest BCUT2D eigenvalue weighted by atomic mass is 16.5. The maximum absolute atomic E-state index is 13.6. The Bertz CT molecular complexity index is 1470. The van der Waals surface area contributed by atoms with Crippen LogP contribution in [0.25, 0.3) is 0 Å². The Hall–Kier alpha value is -4.43. The van der Waals surface area contributed by atoms with Crippen molar-refractivity contribution in [1.82, 2.24) is 26.3 Å². The molecule has 1 spiro atoms. The highest BCUT2D eigenvalue weighted by molar-refractivity contribution is 5.98. The monoisotopic (exact) mass is 564 g/mol. The predicted molar refractivity (Wildman–Crippen MR) is 147 cm³/mol. The number of aliphatic imine (C=N–C) groups is 1. The number of para-hydroxylation sites is 1. The second-order valence-electron chi connectivity index (χ2n) is 11.5. The number of ether oxygens (including phenoxy) is 1. The molecular weight excluding hydrogens is 530 g/mol. The van der Waals surface area contributed by atoms with Crippen LogP contribution in [-0.4, -0.2) is 92.8 Å². The van der Waals surface area contributed by atoms with E-state index >= 15 is 0 Å². The minimum atomic E-state index is -2.59. The van der Waals surface area contributed by atoms with Gasteiger partial charge in [-0.25, -0.2) is 9.57 Å². The average molecular weight is 565 g/mol. The molecule has 0 bridgehead atoms. The minimum Gasteiger partial charge on any atom is -0.492 e. The van der Waals surface area contributed by atoms with Gasteiger partial charge in [-0.1, -0.05) is 26.0 Å². The van der Waals surface area contributed by atoms with Gasteiger partial charge in [0.2, 0.25) is 11.4 Å². The molecule has 1 fully saturated rings. The third kappa shape index (κ3) is 4.04. The zero-order valence-corrected chi connectivity index (χ0v) is 22.7. The lowest BCUT2D eigenvalue weighted by molar-refractivity contribution is -0.623. The number of carbonyl (C=O) groups excluding carboxylic acids is 2. The van der Waals surface area contributed by atoms with E-state index in [1.165, 1.54) is 10.8 Å². The van der Waals surface area contributed by atoms with Gasteiger partial charge < -0.3 is 36.6 Å². The molecule has 1 aromatic heterocycles. The standard InChI is InChI=1S/C27H33N9O5/c1-25(2)8-10-41-19-15(6-3-7-16(19)25)22(38)33-18-13-36-24(29)32-17(12-31-21(37)14-5-4-9-30-11-14)20-26(36,27(18,39)40)35-23(28)34-20/h3-7,9,11,17-18,20,39-40H,8,10,12-13H2,1-2H3,(H7,28,29,31,32,33,34,35,37,38)/p+1/t17-,18?,20-,26-/m0/s1. The number of aromatic nitrogens is 1. The van der Waals surface area contributed by atoms with Crippen molar-refractivity contribution in [2.75, 3.05) is 19.7 Å². The van der Waals surface area contributed by atoms with Gasteiger partial charge in [-0.2, -0.15) is 0 Å². The summed E-state index contributed by atoms with van der Waals surface area (Å²) >= 11 is 0. The molecule has 4 atom stereocenters. The Kier molecular flexibility index (Phi) is 6.08.